The van der Waals surface area contributed by atoms with E-state index in [0.29, 0.717) is 0 Å². The van der Waals surface area contributed by atoms with E-state index >= 15 is 0 Å². The summed E-state index contributed by atoms with van der Waals surface area (Å²) >= 11 is 0. The monoisotopic (exact) mass is 207 g/mol. The molecule has 0 fully saturated rings. The fourth-order valence-electron chi connectivity index (χ4n) is 1.32. The Morgan fingerprint density at radius 2 is 1.73 bits per heavy atom. The highest BCUT2D eigenvalue weighted by molar-refractivity contribution is 5.67. The zero-order valence-corrected chi connectivity index (χ0v) is 7.61. The maximum absolute atomic E-state index is 13.3. The second kappa shape index (κ2) is 3.65. The standard InChI is InChI=1S/C11H7F2NO/c12-7-3-1-5-9(15)10(7)11-8(13)4-2-6-14-11/h1-6,15H. The average molecular weight is 207 g/mol. The minimum Gasteiger partial charge on any atom is -0.507 e. The molecule has 2 nitrogen and oxygen atoms in total. The van der Waals surface area contributed by atoms with Gasteiger partial charge in [-0.1, -0.05) is 6.07 Å². The number of phenols is 1. The van der Waals surface area contributed by atoms with E-state index in [4.69, 9.17) is 0 Å². The van der Waals surface area contributed by atoms with Gasteiger partial charge in [-0.15, -0.1) is 0 Å². The summed E-state index contributed by atoms with van der Waals surface area (Å²) < 4.78 is 26.6. The number of rotatable bonds is 1. The zero-order valence-electron chi connectivity index (χ0n) is 7.61. The van der Waals surface area contributed by atoms with Crippen LogP contribution in [0.25, 0.3) is 11.3 Å². The van der Waals surface area contributed by atoms with Crippen LogP contribution in [0.2, 0.25) is 0 Å². The van der Waals surface area contributed by atoms with Crippen molar-refractivity contribution < 1.29 is 13.9 Å². The van der Waals surface area contributed by atoms with Gasteiger partial charge in [0, 0.05) is 6.20 Å². The number of pyridine rings is 1. The van der Waals surface area contributed by atoms with Crippen LogP contribution in [-0.4, -0.2) is 10.1 Å². The Morgan fingerprint density at radius 3 is 2.40 bits per heavy atom. The van der Waals surface area contributed by atoms with E-state index in [2.05, 4.69) is 4.98 Å². The van der Waals surface area contributed by atoms with Crippen LogP contribution in [0.5, 0.6) is 5.75 Å². The Labute approximate surface area is 84.8 Å². The summed E-state index contributed by atoms with van der Waals surface area (Å²) in [5.41, 5.74) is -0.399. The average Bonchev–Trinajstić information content (AvgIpc) is 2.20. The third kappa shape index (κ3) is 1.66. The Bertz CT molecular complexity index is 479. The van der Waals surface area contributed by atoms with Crippen molar-refractivity contribution in [3.05, 3.63) is 48.2 Å². The lowest BCUT2D eigenvalue weighted by Gasteiger charge is -2.05. The highest BCUT2D eigenvalue weighted by atomic mass is 19.1. The van der Waals surface area contributed by atoms with Gasteiger partial charge in [-0.2, -0.15) is 0 Å². The molecule has 0 spiro atoms. The van der Waals surface area contributed by atoms with Gasteiger partial charge in [0.1, 0.15) is 23.1 Å². The minimum atomic E-state index is -0.701. The first-order chi connectivity index (χ1) is 7.20. The minimum absolute atomic E-state index is 0.187. The largest absolute Gasteiger partial charge is 0.507 e. The predicted octanol–water partition coefficient (Wildman–Crippen LogP) is 2.73. The molecule has 1 heterocycles. The Morgan fingerprint density at radius 1 is 1.00 bits per heavy atom. The number of benzene rings is 1. The summed E-state index contributed by atoms with van der Waals surface area (Å²) in [5.74, 6) is -1.70. The Kier molecular flexibility index (Phi) is 2.33. The summed E-state index contributed by atoms with van der Waals surface area (Å²) in [7, 11) is 0. The lowest BCUT2D eigenvalue weighted by Crippen LogP contribution is -1.92. The molecule has 0 atom stereocenters. The smallest absolute Gasteiger partial charge is 0.149 e. The van der Waals surface area contributed by atoms with E-state index in [9.17, 15) is 13.9 Å². The van der Waals surface area contributed by atoms with Gasteiger partial charge in [-0.3, -0.25) is 4.98 Å². The lowest BCUT2D eigenvalue weighted by molar-refractivity contribution is 0.470. The number of hydrogen-bond acceptors (Lipinski definition) is 2. The van der Waals surface area contributed by atoms with Crippen molar-refractivity contribution in [2.24, 2.45) is 0 Å². The molecule has 0 unspecified atom stereocenters. The van der Waals surface area contributed by atoms with Crippen molar-refractivity contribution >= 4 is 0 Å². The first-order valence-corrected chi connectivity index (χ1v) is 4.28. The first-order valence-electron chi connectivity index (χ1n) is 4.28. The van der Waals surface area contributed by atoms with Gasteiger partial charge in [0.2, 0.25) is 0 Å². The molecule has 4 heteroatoms. The summed E-state index contributed by atoms with van der Waals surface area (Å²) in [4.78, 5) is 3.70. The fraction of sp³-hybridized carbons (Fsp3) is 0. The third-order valence-corrected chi connectivity index (χ3v) is 1.99. The van der Waals surface area contributed by atoms with E-state index < -0.39 is 11.6 Å². The second-order valence-corrected chi connectivity index (χ2v) is 2.97. The van der Waals surface area contributed by atoms with Crippen LogP contribution < -0.4 is 0 Å². The quantitative estimate of drug-likeness (QED) is 0.779. The van der Waals surface area contributed by atoms with E-state index in [-0.39, 0.29) is 17.0 Å². The maximum atomic E-state index is 13.3. The van der Waals surface area contributed by atoms with Crippen molar-refractivity contribution in [2.75, 3.05) is 0 Å². The van der Waals surface area contributed by atoms with Crippen LogP contribution in [0.1, 0.15) is 0 Å². The third-order valence-electron chi connectivity index (χ3n) is 1.99. The Hall–Kier alpha value is -1.97. The number of phenolic OH excluding ortho intramolecular Hbond substituents is 1. The number of hydrogen-bond donors (Lipinski definition) is 1. The molecule has 76 valence electrons. The van der Waals surface area contributed by atoms with Crippen molar-refractivity contribution in [3.63, 3.8) is 0 Å². The van der Waals surface area contributed by atoms with Crippen molar-refractivity contribution in [2.45, 2.75) is 0 Å². The van der Waals surface area contributed by atoms with Crippen LogP contribution in [0.3, 0.4) is 0 Å². The van der Waals surface area contributed by atoms with Crippen LogP contribution in [0.4, 0.5) is 8.78 Å². The number of nitrogens with zero attached hydrogens (tertiary/aromatic N) is 1. The lowest BCUT2D eigenvalue weighted by atomic mass is 10.1. The van der Waals surface area contributed by atoms with Crippen molar-refractivity contribution in [3.8, 4) is 17.0 Å². The molecule has 2 aromatic rings. The molecule has 0 radical (unpaired) electrons. The van der Waals surface area contributed by atoms with Crippen LogP contribution >= 0.6 is 0 Å². The van der Waals surface area contributed by atoms with Gasteiger partial charge in [-0.25, -0.2) is 8.78 Å². The van der Waals surface area contributed by atoms with Gasteiger partial charge in [0.25, 0.3) is 0 Å². The molecule has 0 amide bonds. The van der Waals surface area contributed by atoms with E-state index in [1.54, 1.807) is 0 Å². The molecule has 2 rings (SSSR count). The number of halogens is 2. The Balaban J connectivity index is 2.69. The molecule has 0 saturated carbocycles. The summed E-state index contributed by atoms with van der Waals surface area (Å²) in [5, 5.41) is 9.42. The maximum Gasteiger partial charge on any atom is 0.149 e. The van der Waals surface area contributed by atoms with Crippen LogP contribution in [0, 0.1) is 11.6 Å². The zero-order chi connectivity index (χ0) is 10.8. The van der Waals surface area contributed by atoms with E-state index in [1.165, 1.54) is 24.4 Å². The molecule has 0 aliphatic carbocycles. The molecule has 1 aromatic carbocycles. The molecule has 0 aliphatic heterocycles. The second-order valence-electron chi connectivity index (χ2n) is 2.97. The summed E-state index contributed by atoms with van der Waals surface area (Å²) in [6.07, 6.45) is 1.34. The summed E-state index contributed by atoms with van der Waals surface area (Å²) in [6, 6.07) is 6.33. The molecule has 0 saturated heterocycles. The van der Waals surface area contributed by atoms with Gasteiger partial charge in [0.15, 0.2) is 0 Å². The summed E-state index contributed by atoms with van der Waals surface area (Å²) in [6.45, 7) is 0. The highest BCUT2D eigenvalue weighted by Crippen LogP contribution is 2.31. The molecular formula is C11H7F2NO. The van der Waals surface area contributed by atoms with Gasteiger partial charge >= 0.3 is 0 Å². The SMILES string of the molecule is Oc1cccc(F)c1-c1ncccc1F. The molecule has 1 aromatic heterocycles. The van der Waals surface area contributed by atoms with Crippen LogP contribution in [0.15, 0.2) is 36.5 Å². The molecule has 0 bridgehead atoms. The predicted molar refractivity (Wildman–Crippen MR) is 51.3 cm³/mol. The first kappa shape index (κ1) is 9.58. The molecular weight excluding hydrogens is 200 g/mol. The molecule has 1 N–H and O–H groups in total. The number of aromatic hydroxyl groups is 1. The molecule has 15 heavy (non-hydrogen) atoms. The van der Waals surface area contributed by atoms with Gasteiger partial charge in [0.05, 0.1) is 5.56 Å². The topological polar surface area (TPSA) is 33.1 Å². The van der Waals surface area contributed by atoms with E-state index in [0.717, 1.165) is 12.1 Å². The van der Waals surface area contributed by atoms with E-state index in [1.807, 2.05) is 0 Å². The van der Waals surface area contributed by atoms with Crippen LogP contribution in [-0.2, 0) is 0 Å². The van der Waals surface area contributed by atoms with Crippen molar-refractivity contribution in [1.29, 1.82) is 0 Å². The highest BCUT2D eigenvalue weighted by Gasteiger charge is 2.14. The van der Waals surface area contributed by atoms with Gasteiger partial charge < -0.3 is 5.11 Å². The van der Waals surface area contributed by atoms with Gasteiger partial charge in [-0.05, 0) is 24.3 Å². The van der Waals surface area contributed by atoms with Crippen molar-refractivity contribution in [1.82, 2.24) is 4.98 Å². The fourth-order valence-corrected chi connectivity index (χ4v) is 1.32. The normalized spacial score (nSPS) is 10.3. The molecule has 0 aliphatic rings. The number of aromatic nitrogens is 1.